The van der Waals surface area contributed by atoms with E-state index in [1.54, 1.807) is 32.9 Å². The van der Waals surface area contributed by atoms with Crippen molar-refractivity contribution >= 4 is 23.3 Å². The minimum atomic E-state index is -0.488. The molecule has 1 aromatic carbocycles. The number of carbonyl (C=O) groups excluding carboxylic acids is 2. The van der Waals surface area contributed by atoms with Crippen molar-refractivity contribution in [2.75, 3.05) is 14.1 Å². The average Bonchev–Trinajstić information content (AvgIpc) is 3.27. The van der Waals surface area contributed by atoms with Gasteiger partial charge in [-0.25, -0.2) is 4.39 Å². The van der Waals surface area contributed by atoms with Crippen LogP contribution >= 0.6 is 11.8 Å². The molecule has 3 rings (SSSR count). The maximum absolute atomic E-state index is 13.5. The van der Waals surface area contributed by atoms with Crippen LogP contribution in [-0.2, 0) is 0 Å². The fraction of sp³-hybridized carbons (Fsp3) is 0.391. The van der Waals surface area contributed by atoms with Crippen LogP contribution < -0.4 is 0 Å². The summed E-state index contributed by atoms with van der Waals surface area (Å²) < 4.78 is 15.4. The molecule has 0 fully saturated rings. The highest BCUT2D eigenvalue weighted by molar-refractivity contribution is 8.00. The molecule has 0 bridgehead atoms. The van der Waals surface area contributed by atoms with Gasteiger partial charge in [-0.05, 0) is 78.5 Å². The second kappa shape index (κ2) is 9.38. The third-order valence-corrected chi connectivity index (χ3v) is 6.62. The Morgan fingerprint density at radius 2 is 1.75 bits per heavy atom. The molecule has 0 aliphatic carbocycles. The van der Waals surface area contributed by atoms with E-state index in [9.17, 15) is 14.0 Å². The average molecular weight is 458 g/mol. The van der Waals surface area contributed by atoms with Gasteiger partial charge in [-0.15, -0.1) is 10.2 Å². The van der Waals surface area contributed by atoms with E-state index in [1.807, 2.05) is 30.5 Å². The lowest BCUT2D eigenvalue weighted by molar-refractivity contribution is 0.0988. The number of Topliss-reactive ketones (excluding diaryl/α,β-unsaturated/α-hetero) is 2. The zero-order valence-corrected chi connectivity index (χ0v) is 20.2. The van der Waals surface area contributed by atoms with Gasteiger partial charge in [-0.2, -0.15) is 0 Å². The van der Waals surface area contributed by atoms with Crippen molar-refractivity contribution in [2.24, 2.45) is 0 Å². The van der Waals surface area contributed by atoms with E-state index in [4.69, 9.17) is 0 Å². The Morgan fingerprint density at radius 1 is 1.12 bits per heavy atom. The molecule has 170 valence electrons. The number of ketones is 2. The summed E-state index contributed by atoms with van der Waals surface area (Å²) in [4.78, 5) is 30.2. The first-order chi connectivity index (χ1) is 15.0. The van der Waals surface area contributed by atoms with Crippen molar-refractivity contribution < 1.29 is 14.0 Å². The highest BCUT2D eigenvalue weighted by atomic mass is 32.2. The van der Waals surface area contributed by atoms with Crippen LogP contribution in [0.15, 0.2) is 29.4 Å². The zero-order valence-electron chi connectivity index (χ0n) is 19.4. The van der Waals surface area contributed by atoms with E-state index < -0.39 is 5.25 Å². The number of aryl methyl sites for hydroxylation is 1. The smallest absolute Gasteiger partial charge is 0.196 e. The molecule has 2 aromatic heterocycles. The minimum Gasteiger partial charge on any atom is -0.355 e. The maximum Gasteiger partial charge on any atom is 0.196 e. The van der Waals surface area contributed by atoms with Gasteiger partial charge in [-0.1, -0.05) is 11.8 Å². The molecule has 0 aliphatic heterocycles. The summed E-state index contributed by atoms with van der Waals surface area (Å²) in [5.74, 6) is 0.156. The highest BCUT2D eigenvalue weighted by Crippen LogP contribution is 2.31. The van der Waals surface area contributed by atoms with Gasteiger partial charge in [0.15, 0.2) is 22.5 Å². The molecule has 9 heteroatoms. The van der Waals surface area contributed by atoms with E-state index in [0.29, 0.717) is 39.2 Å². The van der Waals surface area contributed by atoms with Crippen molar-refractivity contribution in [3.8, 4) is 5.69 Å². The minimum absolute atomic E-state index is 0.0562. The zero-order chi connectivity index (χ0) is 23.7. The molecule has 3 aromatic rings. The fourth-order valence-corrected chi connectivity index (χ4v) is 4.56. The van der Waals surface area contributed by atoms with Gasteiger partial charge in [0.05, 0.1) is 17.0 Å². The Labute approximate surface area is 191 Å². The van der Waals surface area contributed by atoms with Crippen molar-refractivity contribution in [2.45, 2.75) is 51.1 Å². The Morgan fingerprint density at radius 3 is 2.28 bits per heavy atom. The topological polar surface area (TPSA) is 83.9 Å². The number of nitrogens with one attached hydrogen (secondary N) is 1. The molecule has 0 saturated heterocycles. The predicted molar refractivity (Wildman–Crippen MR) is 123 cm³/mol. The Bertz CT molecular complexity index is 1150. The molecular formula is C23H28FN5O2S. The normalized spacial score (nSPS) is 13.4. The largest absolute Gasteiger partial charge is 0.355 e. The summed E-state index contributed by atoms with van der Waals surface area (Å²) in [6.07, 6.45) is 0. The van der Waals surface area contributed by atoms with Gasteiger partial charge in [0, 0.05) is 16.9 Å². The summed E-state index contributed by atoms with van der Waals surface area (Å²) in [6.45, 7) is 8.87. The number of H-pyrrole nitrogens is 1. The Balaban J connectivity index is 1.98. The molecule has 0 saturated carbocycles. The number of thioether (sulfide) groups is 1. The number of carbonyl (C=O) groups is 2. The number of aromatic amines is 1. The summed E-state index contributed by atoms with van der Waals surface area (Å²) in [5.41, 5.74) is 3.05. The summed E-state index contributed by atoms with van der Waals surface area (Å²) in [6, 6.07) is 6.05. The number of hydrogen-bond acceptors (Lipinski definition) is 6. The van der Waals surface area contributed by atoms with E-state index in [1.165, 1.54) is 30.8 Å². The summed E-state index contributed by atoms with van der Waals surface area (Å²) in [7, 11) is 3.88. The molecule has 0 radical (unpaired) electrons. The predicted octanol–water partition coefficient (Wildman–Crippen LogP) is 4.54. The van der Waals surface area contributed by atoms with Crippen LogP contribution in [0.2, 0.25) is 0 Å². The molecule has 32 heavy (non-hydrogen) atoms. The van der Waals surface area contributed by atoms with Crippen molar-refractivity contribution in [3.05, 3.63) is 58.4 Å². The lowest BCUT2D eigenvalue weighted by Crippen LogP contribution is -2.21. The first-order valence-corrected chi connectivity index (χ1v) is 11.2. The van der Waals surface area contributed by atoms with Gasteiger partial charge >= 0.3 is 0 Å². The lowest BCUT2D eigenvalue weighted by Gasteiger charge is -2.21. The molecule has 7 nitrogen and oxygen atoms in total. The van der Waals surface area contributed by atoms with E-state index in [-0.39, 0.29) is 23.4 Å². The summed E-state index contributed by atoms with van der Waals surface area (Å²) >= 11 is 1.28. The van der Waals surface area contributed by atoms with Crippen LogP contribution in [0.1, 0.15) is 64.7 Å². The second-order valence-corrected chi connectivity index (χ2v) is 9.41. The Kier molecular flexibility index (Phi) is 7.00. The van der Waals surface area contributed by atoms with Crippen LogP contribution in [0.5, 0.6) is 0 Å². The van der Waals surface area contributed by atoms with Crippen LogP contribution in [0, 0.1) is 19.7 Å². The van der Waals surface area contributed by atoms with Gasteiger partial charge in [0.25, 0.3) is 0 Å². The van der Waals surface area contributed by atoms with Crippen LogP contribution in [0.25, 0.3) is 5.69 Å². The first-order valence-electron chi connectivity index (χ1n) is 10.3. The number of benzene rings is 1. The molecular weight excluding hydrogens is 429 g/mol. The number of rotatable bonds is 8. The van der Waals surface area contributed by atoms with Crippen molar-refractivity contribution in [3.63, 3.8) is 0 Å². The molecule has 2 atom stereocenters. The SMILES string of the molecule is CC(=O)c1c(C)[nH]c(C(=O)[C@@H](C)Sc2nnc([C@H](C)N(C)C)n2-c2ccc(F)cc2)c1C. The van der Waals surface area contributed by atoms with Gasteiger partial charge in [0.2, 0.25) is 0 Å². The van der Waals surface area contributed by atoms with E-state index in [0.717, 1.165) is 0 Å². The van der Waals surface area contributed by atoms with Gasteiger partial charge in [0.1, 0.15) is 5.82 Å². The molecule has 0 aliphatic rings. The first kappa shape index (κ1) is 23.9. The Hall–Kier alpha value is -2.78. The highest BCUT2D eigenvalue weighted by Gasteiger charge is 2.28. The standard InChI is InChI=1S/C23H28FN5O2S/c1-12-19(15(4)30)13(2)25-20(12)21(31)16(5)32-23-27-26-22(14(3)28(6)7)29(23)18-10-8-17(24)9-11-18/h8-11,14,16,25H,1-7H3/t14-,16+/m0/s1. The molecule has 0 spiro atoms. The third kappa shape index (κ3) is 4.54. The van der Waals surface area contributed by atoms with Crippen LogP contribution in [0.3, 0.4) is 0 Å². The molecule has 1 N–H and O–H groups in total. The third-order valence-electron chi connectivity index (χ3n) is 5.58. The number of aromatic nitrogens is 4. The maximum atomic E-state index is 13.5. The second-order valence-electron chi connectivity index (χ2n) is 8.10. The van der Waals surface area contributed by atoms with E-state index >= 15 is 0 Å². The number of halogens is 1. The fourth-order valence-electron chi connectivity index (χ4n) is 3.63. The van der Waals surface area contributed by atoms with Gasteiger partial charge < -0.3 is 4.98 Å². The monoisotopic (exact) mass is 457 g/mol. The number of hydrogen-bond donors (Lipinski definition) is 1. The van der Waals surface area contributed by atoms with Crippen LogP contribution in [-0.4, -0.2) is 55.6 Å². The van der Waals surface area contributed by atoms with Crippen molar-refractivity contribution in [1.82, 2.24) is 24.6 Å². The van der Waals surface area contributed by atoms with Crippen LogP contribution in [0.4, 0.5) is 4.39 Å². The quantitative estimate of drug-likeness (QED) is 0.395. The molecule has 0 amide bonds. The summed E-state index contributed by atoms with van der Waals surface area (Å²) in [5, 5.41) is 8.77. The van der Waals surface area contributed by atoms with Crippen molar-refractivity contribution in [1.29, 1.82) is 0 Å². The molecule has 0 unspecified atom stereocenters. The van der Waals surface area contributed by atoms with Gasteiger partial charge in [-0.3, -0.25) is 19.1 Å². The lowest BCUT2D eigenvalue weighted by atomic mass is 10.0. The number of nitrogens with zero attached hydrogens (tertiary/aromatic N) is 4. The van der Waals surface area contributed by atoms with E-state index in [2.05, 4.69) is 15.2 Å². The molecule has 2 heterocycles.